The molecule has 9 heteroatoms. The van der Waals surface area contributed by atoms with Gasteiger partial charge in [0.15, 0.2) is 5.82 Å². The zero-order valence-electron chi connectivity index (χ0n) is 15.7. The number of rotatable bonds is 3. The van der Waals surface area contributed by atoms with E-state index in [2.05, 4.69) is 9.97 Å². The van der Waals surface area contributed by atoms with Gasteiger partial charge in [0, 0.05) is 5.92 Å². The lowest BCUT2D eigenvalue weighted by Gasteiger charge is -2.18. The highest BCUT2D eigenvalue weighted by Crippen LogP contribution is 2.39. The second-order valence-corrected chi connectivity index (χ2v) is 7.34. The van der Waals surface area contributed by atoms with Gasteiger partial charge >= 0.3 is 6.18 Å². The zero-order chi connectivity index (χ0) is 21.2. The Morgan fingerprint density at radius 3 is 2.59 bits per heavy atom. The van der Waals surface area contributed by atoms with Crippen LogP contribution in [-0.4, -0.2) is 21.6 Å². The molecule has 0 aliphatic heterocycles. The number of hydrogen-bond acceptors (Lipinski definition) is 6. The van der Waals surface area contributed by atoms with E-state index in [0.717, 1.165) is 50.3 Å². The van der Waals surface area contributed by atoms with E-state index in [4.69, 9.17) is 11.5 Å². The Hall–Kier alpha value is -2.86. The van der Waals surface area contributed by atoms with Gasteiger partial charge in [0.25, 0.3) is 0 Å². The predicted molar refractivity (Wildman–Crippen MR) is 102 cm³/mol. The first kappa shape index (κ1) is 20.9. The van der Waals surface area contributed by atoms with Crippen molar-refractivity contribution in [3.63, 3.8) is 0 Å². The van der Waals surface area contributed by atoms with Crippen molar-refractivity contribution in [1.82, 2.24) is 9.97 Å². The molecule has 2 atom stereocenters. The fourth-order valence-electron chi connectivity index (χ4n) is 3.81. The Bertz CT molecular complexity index is 939. The van der Waals surface area contributed by atoms with Gasteiger partial charge in [0.05, 0.1) is 16.8 Å². The highest BCUT2D eigenvalue weighted by Gasteiger charge is 2.32. The first-order valence-corrected chi connectivity index (χ1v) is 9.42. The number of nitrogens with zero attached hydrogens (tertiary/aromatic N) is 3. The van der Waals surface area contributed by atoms with Crippen LogP contribution in [0.5, 0.6) is 5.75 Å². The van der Waals surface area contributed by atoms with Crippen molar-refractivity contribution in [1.29, 1.82) is 5.26 Å². The van der Waals surface area contributed by atoms with E-state index in [1.165, 1.54) is 0 Å². The van der Waals surface area contributed by atoms with Crippen LogP contribution in [0.1, 0.15) is 54.8 Å². The Labute approximate surface area is 166 Å². The number of nitrogens with two attached hydrogens (primary N) is 2. The first-order chi connectivity index (χ1) is 13.7. The van der Waals surface area contributed by atoms with E-state index in [1.54, 1.807) is 0 Å². The minimum atomic E-state index is -4.58. The average molecular weight is 405 g/mol. The van der Waals surface area contributed by atoms with Crippen molar-refractivity contribution in [3.8, 4) is 23.2 Å². The van der Waals surface area contributed by atoms with Crippen molar-refractivity contribution < 1.29 is 18.3 Å². The molecular formula is C20H22F3N5O. The number of anilines is 1. The molecule has 1 aromatic heterocycles. The van der Waals surface area contributed by atoms with Gasteiger partial charge in [-0.25, -0.2) is 9.97 Å². The number of aromatic nitrogens is 2. The van der Waals surface area contributed by atoms with Crippen LogP contribution < -0.4 is 11.5 Å². The van der Waals surface area contributed by atoms with Gasteiger partial charge in [-0.2, -0.15) is 18.4 Å². The number of hydrogen-bond donors (Lipinski definition) is 3. The third-order valence-corrected chi connectivity index (χ3v) is 5.45. The highest BCUT2D eigenvalue weighted by atomic mass is 19.4. The number of alkyl halides is 3. The monoisotopic (exact) mass is 405 g/mol. The minimum Gasteiger partial charge on any atom is -0.507 e. The Kier molecular flexibility index (Phi) is 5.94. The first-order valence-electron chi connectivity index (χ1n) is 9.42. The zero-order valence-corrected chi connectivity index (χ0v) is 15.7. The summed E-state index contributed by atoms with van der Waals surface area (Å²) in [4.78, 5) is 8.41. The summed E-state index contributed by atoms with van der Waals surface area (Å²) in [6.07, 6.45) is -0.291. The van der Waals surface area contributed by atoms with E-state index in [9.17, 15) is 23.5 Å². The standard InChI is InChI=1S/C20H22F3N5O/c21-20(22,23)13-6-7-16(29)14(8-13)19-27-17(15(10-25)18(26)28-19)12-3-1-2-11(9-24)4-5-12/h6-8,11-12,29H,1-5,9,24H2,(H2,26,27,28). The fraction of sp³-hybridized carbons (Fsp3) is 0.450. The number of halogens is 3. The summed E-state index contributed by atoms with van der Waals surface area (Å²) < 4.78 is 39.3. The van der Waals surface area contributed by atoms with E-state index >= 15 is 0 Å². The van der Waals surface area contributed by atoms with Crippen LogP contribution in [0.2, 0.25) is 0 Å². The summed E-state index contributed by atoms with van der Waals surface area (Å²) in [5, 5.41) is 19.7. The maximum absolute atomic E-state index is 13.1. The summed E-state index contributed by atoms with van der Waals surface area (Å²) in [6, 6.07) is 4.54. The van der Waals surface area contributed by atoms with Crippen LogP contribution in [0.25, 0.3) is 11.4 Å². The molecule has 29 heavy (non-hydrogen) atoms. The van der Waals surface area contributed by atoms with E-state index < -0.39 is 17.5 Å². The van der Waals surface area contributed by atoms with Gasteiger partial charge in [-0.1, -0.05) is 6.42 Å². The smallest absolute Gasteiger partial charge is 0.416 e. The lowest BCUT2D eigenvalue weighted by molar-refractivity contribution is -0.137. The van der Waals surface area contributed by atoms with Gasteiger partial charge in [-0.05, 0) is 56.3 Å². The largest absolute Gasteiger partial charge is 0.507 e. The lowest BCUT2D eigenvalue weighted by atomic mass is 9.92. The molecule has 3 rings (SSSR count). The summed E-state index contributed by atoms with van der Waals surface area (Å²) in [5.74, 6) is -0.296. The van der Waals surface area contributed by atoms with Gasteiger partial charge < -0.3 is 16.6 Å². The Morgan fingerprint density at radius 1 is 1.17 bits per heavy atom. The molecule has 154 valence electrons. The number of aromatic hydroxyl groups is 1. The topological polar surface area (TPSA) is 122 Å². The van der Waals surface area contributed by atoms with Crippen molar-refractivity contribution in [2.45, 2.75) is 44.2 Å². The van der Waals surface area contributed by atoms with Gasteiger partial charge in [0.1, 0.15) is 23.2 Å². The molecule has 0 amide bonds. The lowest BCUT2D eigenvalue weighted by Crippen LogP contribution is -2.13. The third-order valence-electron chi connectivity index (χ3n) is 5.45. The molecule has 0 spiro atoms. The third kappa shape index (κ3) is 4.43. The van der Waals surface area contributed by atoms with E-state index in [0.29, 0.717) is 18.2 Å². The van der Waals surface area contributed by atoms with Crippen LogP contribution in [0, 0.1) is 17.2 Å². The Morgan fingerprint density at radius 2 is 1.93 bits per heavy atom. The molecule has 1 aliphatic rings. The summed E-state index contributed by atoms with van der Waals surface area (Å²) in [5.41, 5.74) is 11.2. The van der Waals surface area contributed by atoms with E-state index in [-0.39, 0.29) is 28.7 Å². The number of phenols is 1. The molecule has 5 N–H and O–H groups in total. The van der Waals surface area contributed by atoms with E-state index in [1.807, 2.05) is 6.07 Å². The maximum atomic E-state index is 13.1. The molecular weight excluding hydrogens is 383 g/mol. The molecule has 6 nitrogen and oxygen atoms in total. The van der Waals surface area contributed by atoms with Gasteiger partial charge in [-0.3, -0.25) is 0 Å². The van der Waals surface area contributed by atoms with Crippen LogP contribution in [0.3, 0.4) is 0 Å². The number of nitrogen functional groups attached to an aromatic ring is 1. The average Bonchev–Trinajstić information content (AvgIpc) is 2.92. The van der Waals surface area contributed by atoms with Gasteiger partial charge in [-0.15, -0.1) is 0 Å². The Balaban J connectivity index is 2.08. The second-order valence-electron chi connectivity index (χ2n) is 7.34. The minimum absolute atomic E-state index is 0.0711. The fourth-order valence-corrected chi connectivity index (χ4v) is 3.81. The van der Waals surface area contributed by atoms with Crippen LogP contribution in [-0.2, 0) is 6.18 Å². The normalized spacial score (nSPS) is 20.1. The molecule has 0 bridgehead atoms. The quantitative estimate of drug-likeness (QED) is 0.665. The highest BCUT2D eigenvalue weighted by molar-refractivity contribution is 5.68. The summed E-state index contributed by atoms with van der Waals surface area (Å²) in [7, 11) is 0. The van der Waals surface area contributed by atoms with Crippen molar-refractivity contribution in [2.24, 2.45) is 11.7 Å². The molecule has 1 heterocycles. The summed E-state index contributed by atoms with van der Waals surface area (Å²) in [6.45, 7) is 0.590. The SMILES string of the molecule is N#Cc1c(N)nc(-c2cc(C(F)(F)F)ccc2O)nc1C1CCCC(CN)CC1. The van der Waals surface area contributed by atoms with Crippen molar-refractivity contribution in [2.75, 3.05) is 12.3 Å². The predicted octanol–water partition coefficient (Wildman–Crippen LogP) is 3.94. The van der Waals surface area contributed by atoms with Crippen molar-refractivity contribution >= 4 is 5.82 Å². The van der Waals surface area contributed by atoms with Crippen LogP contribution in [0.4, 0.5) is 19.0 Å². The molecule has 2 aromatic rings. The molecule has 2 unspecified atom stereocenters. The molecule has 0 saturated heterocycles. The molecule has 1 aromatic carbocycles. The number of phenolic OH excluding ortho intramolecular Hbond substituents is 1. The number of nitriles is 1. The van der Waals surface area contributed by atoms with Crippen LogP contribution in [0.15, 0.2) is 18.2 Å². The van der Waals surface area contributed by atoms with Crippen molar-refractivity contribution in [3.05, 3.63) is 35.0 Å². The molecule has 1 fully saturated rings. The molecule has 1 saturated carbocycles. The molecule has 0 radical (unpaired) electrons. The van der Waals surface area contributed by atoms with Crippen LogP contribution >= 0.6 is 0 Å². The summed E-state index contributed by atoms with van der Waals surface area (Å²) >= 11 is 0. The van der Waals surface area contributed by atoms with Gasteiger partial charge in [0.2, 0.25) is 0 Å². The number of benzene rings is 1. The molecule has 1 aliphatic carbocycles. The maximum Gasteiger partial charge on any atom is 0.416 e. The second kappa shape index (κ2) is 8.25.